The number of benzene rings is 1. The van der Waals surface area contributed by atoms with E-state index in [2.05, 4.69) is 51.6 Å². The van der Waals surface area contributed by atoms with E-state index < -0.39 is 0 Å². The van der Waals surface area contributed by atoms with Crippen LogP contribution in [0.15, 0.2) is 24.3 Å². The lowest BCUT2D eigenvalue weighted by molar-refractivity contribution is 0.552. The Morgan fingerprint density at radius 2 is 2.26 bits per heavy atom. The van der Waals surface area contributed by atoms with Gasteiger partial charge in [0, 0.05) is 24.8 Å². The van der Waals surface area contributed by atoms with Crippen molar-refractivity contribution < 1.29 is 0 Å². The van der Waals surface area contributed by atoms with Crippen LogP contribution in [0.4, 0.5) is 5.69 Å². The average molecular weight is 295 g/mol. The van der Waals surface area contributed by atoms with Crippen LogP contribution in [0.5, 0.6) is 0 Å². The van der Waals surface area contributed by atoms with Crippen molar-refractivity contribution >= 4 is 28.6 Å². The van der Waals surface area contributed by atoms with Gasteiger partial charge in [0.2, 0.25) is 4.47 Å². The maximum Gasteiger partial charge on any atom is 0.207 e. The standard InChI is InChI=1S/C13H15ClN4S/c1-9-7-18(8-12-16-17-13(14)19-12)11-5-3-2-4-10(11)6-15-9/h2-5,9,15H,6-8H2,1H3. The highest BCUT2D eigenvalue weighted by atomic mass is 35.5. The number of nitrogens with zero attached hydrogens (tertiary/aromatic N) is 3. The molecule has 0 saturated heterocycles. The van der Waals surface area contributed by atoms with Gasteiger partial charge in [-0.1, -0.05) is 29.5 Å². The van der Waals surface area contributed by atoms with Crippen LogP contribution in [0.1, 0.15) is 17.5 Å². The highest BCUT2D eigenvalue weighted by Gasteiger charge is 2.19. The smallest absolute Gasteiger partial charge is 0.207 e. The fourth-order valence-electron chi connectivity index (χ4n) is 2.36. The summed E-state index contributed by atoms with van der Waals surface area (Å²) in [6, 6.07) is 8.93. The van der Waals surface area contributed by atoms with Gasteiger partial charge in [-0.15, -0.1) is 10.2 Å². The van der Waals surface area contributed by atoms with Crippen LogP contribution in [0.3, 0.4) is 0 Å². The van der Waals surface area contributed by atoms with E-state index >= 15 is 0 Å². The largest absolute Gasteiger partial charge is 0.363 e. The molecule has 100 valence electrons. The third-order valence-corrected chi connectivity index (χ3v) is 4.24. The summed E-state index contributed by atoms with van der Waals surface area (Å²) in [6.45, 7) is 4.82. The fraction of sp³-hybridized carbons (Fsp3) is 0.385. The van der Waals surface area contributed by atoms with Crippen molar-refractivity contribution in [3.63, 3.8) is 0 Å². The zero-order valence-electron chi connectivity index (χ0n) is 10.6. The molecule has 0 aliphatic carbocycles. The lowest BCUT2D eigenvalue weighted by Crippen LogP contribution is -2.35. The molecular formula is C13H15ClN4S. The minimum atomic E-state index is 0.441. The number of rotatable bonds is 2. The van der Waals surface area contributed by atoms with Crippen LogP contribution in [-0.2, 0) is 13.1 Å². The van der Waals surface area contributed by atoms with Crippen molar-refractivity contribution in [2.24, 2.45) is 0 Å². The second-order valence-electron chi connectivity index (χ2n) is 4.74. The SMILES string of the molecule is CC1CN(Cc2nnc(Cl)s2)c2ccccc2CN1. The van der Waals surface area contributed by atoms with Crippen LogP contribution >= 0.6 is 22.9 Å². The summed E-state index contributed by atoms with van der Waals surface area (Å²) in [4.78, 5) is 2.34. The van der Waals surface area contributed by atoms with Crippen LogP contribution in [0.25, 0.3) is 0 Å². The topological polar surface area (TPSA) is 41.1 Å². The molecule has 1 atom stereocenters. The average Bonchev–Trinajstić information content (AvgIpc) is 2.74. The van der Waals surface area contributed by atoms with Gasteiger partial charge in [-0.2, -0.15) is 0 Å². The van der Waals surface area contributed by atoms with Gasteiger partial charge in [0.1, 0.15) is 5.01 Å². The molecule has 2 aromatic rings. The first kappa shape index (κ1) is 12.8. The van der Waals surface area contributed by atoms with Gasteiger partial charge in [0.15, 0.2) is 0 Å². The summed E-state index contributed by atoms with van der Waals surface area (Å²) < 4.78 is 0.504. The van der Waals surface area contributed by atoms with Crippen LogP contribution < -0.4 is 10.2 Å². The number of halogens is 1. The third kappa shape index (κ3) is 2.88. The normalized spacial score (nSPS) is 19.1. The number of hydrogen-bond acceptors (Lipinski definition) is 5. The first-order valence-corrected chi connectivity index (χ1v) is 7.46. The quantitative estimate of drug-likeness (QED) is 0.924. The molecule has 0 saturated carbocycles. The summed E-state index contributed by atoms with van der Waals surface area (Å²) in [5, 5.41) is 12.5. The van der Waals surface area contributed by atoms with E-state index in [-0.39, 0.29) is 0 Å². The van der Waals surface area contributed by atoms with Crippen LogP contribution in [-0.4, -0.2) is 22.8 Å². The first-order valence-electron chi connectivity index (χ1n) is 6.26. The molecule has 1 N–H and O–H groups in total. The third-order valence-electron chi connectivity index (χ3n) is 3.24. The molecule has 0 radical (unpaired) electrons. The Labute approximate surface area is 121 Å². The zero-order chi connectivity index (χ0) is 13.2. The molecule has 1 aromatic carbocycles. The van der Waals surface area contributed by atoms with Gasteiger partial charge in [0.25, 0.3) is 0 Å². The van der Waals surface area contributed by atoms with E-state index in [1.54, 1.807) is 0 Å². The van der Waals surface area contributed by atoms with Gasteiger partial charge < -0.3 is 10.2 Å². The van der Waals surface area contributed by atoms with E-state index in [9.17, 15) is 0 Å². The van der Waals surface area contributed by atoms with Gasteiger partial charge >= 0.3 is 0 Å². The van der Waals surface area contributed by atoms with E-state index in [1.807, 2.05) is 0 Å². The Bertz CT molecular complexity index is 571. The minimum absolute atomic E-state index is 0.441. The molecule has 1 unspecified atom stereocenters. The molecule has 0 fully saturated rings. The van der Waals surface area contributed by atoms with Gasteiger partial charge in [-0.3, -0.25) is 0 Å². The number of aromatic nitrogens is 2. The molecular weight excluding hydrogens is 280 g/mol. The van der Waals surface area contributed by atoms with E-state index in [1.165, 1.54) is 22.6 Å². The van der Waals surface area contributed by atoms with Crippen molar-refractivity contribution in [2.75, 3.05) is 11.4 Å². The monoisotopic (exact) mass is 294 g/mol. The lowest BCUT2D eigenvalue weighted by atomic mass is 10.1. The van der Waals surface area contributed by atoms with E-state index in [0.717, 1.165) is 24.6 Å². The molecule has 1 aliphatic rings. The predicted molar refractivity (Wildman–Crippen MR) is 78.7 cm³/mol. The molecule has 3 rings (SSSR count). The Balaban J connectivity index is 1.89. The summed E-state index contributed by atoms with van der Waals surface area (Å²) in [5.41, 5.74) is 2.59. The van der Waals surface area contributed by atoms with Crippen molar-refractivity contribution in [1.82, 2.24) is 15.5 Å². The first-order chi connectivity index (χ1) is 9.22. The van der Waals surface area contributed by atoms with E-state index in [0.29, 0.717) is 10.5 Å². The molecule has 1 aliphatic heterocycles. The molecule has 19 heavy (non-hydrogen) atoms. The van der Waals surface area contributed by atoms with Crippen LogP contribution in [0, 0.1) is 0 Å². The number of fused-ring (bicyclic) bond motifs is 1. The van der Waals surface area contributed by atoms with E-state index in [4.69, 9.17) is 11.6 Å². The van der Waals surface area contributed by atoms with Crippen molar-refractivity contribution in [2.45, 2.75) is 26.1 Å². The molecule has 6 heteroatoms. The molecule has 4 nitrogen and oxygen atoms in total. The molecule has 2 heterocycles. The number of para-hydroxylation sites is 1. The maximum absolute atomic E-state index is 5.85. The fourth-order valence-corrected chi connectivity index (χ4v) is 3.24. The number of anilines is 1. The van der Waals surface area contributed by atoms with Crippen LogP contribution in [0.2, 0.25) is 4.47 Å². The maximum atomic E-state index is 5.85. The van der Waals surface area contributed by atoms with Gasteiger partial charge in [-0.25, -0.2) is 0 Å². The Morgan fingerprint density at radius 3 is 3.05 bits per heavy atom. The molecule has 0 spiro atoms. The summed E-state index contributed by atoms with van der Waals surface area (Å²) >= 11 is 7.30. The summed E-state index contributed by atoms with van der Waals surface area (Å²) in [6.07, 6.45) is 0. The molecule has 1 aromatic heterocycles. The molecule has 0 bridgehead atoms. The van der Waals surface area contributed by atoms with Crippen molar-refractivity contribution in [1.29, 1.82) is 0 Å². The van der Waals surface area contributed by atoms with Crippen molar-refractivity contribution in [3.05, 3.63) is 39.3 Å². The Morgan fingerprint density at radius 1 is 1.42 bits per heavy atom. The number of hydrogen-bond donors (Lipinski definition) is 1. The Hall–Kier alpha value is -1.17. The second-order valence-corrected chi connectivity index (χ2v) is 6.38. The minimum Gasteiger partial charge on any atom is -0.363 e. The lowest BCUT2D eigenvalue weighted by Gasteiger charge is -2.25. The van der Waals surface area contributed by atoms with Crippen molar-refractivity contribution in [3.8, 4) is 0 Å². The summed E-state index contributed by atoms with van der Waals surface area (Å²) in [7, 11) is 0. The highest BCUT2D eigenvalue weighted by Crippen LogP contribution is 2.26. The second kappa shape index (κ2) is 5.45. The summed E-state index contributed by atoms with van der Waals surface area (Å²) in [5.74, 6) is 0. The van der Waals surface area contributed by atoms with Gasteiger partial charge in [-0.05, 0) is 30.2 Å². The van der Waals surface area contributed by atoms with Gasteiger partial charge in [0.05, 0.1) is 6.54 Å². The Kier molecular flexibility index (Phi) is 3.68. The molecule has 0 amide bonds. The predicted octanol–water partition coefficient (Wildman–Crippen LogP) is 2.69. The number of nitrogens with one attached hydrogen (secondary N) is 1. The highest BCUT2D eigenvalue weighted by molar-refractivity contribution is 7.15. The zero-order valence-corrected chi connectivity index (χ0v) is 12.2.